The van der Waals surface area contributed by atoms with Crippen molar-refractivity contribution in [1.82, 2.24) is 4.57 Å². The lowest BCUT2D eigenvalue weighted by Gasteiger charge is -2.25. The van der Waals surface area contributed by atoms with Crippen molar-refractivity contribution in [3.8, 4) is 5.75 Å². The maximum Gasteiger partial charge on any atom is 0.412 e. The molecule has 0 fully saturated rings. The predicted octanol–water partition coefficient (Wildman–Crippen LogP) is 5.20. The molecule has 2 amide bonds. The third-order valence-electron chi connectivity index (χ3n) is 5.39. The Hall–Kier alpha value is -3.81. The second-order valence-corrected chi connectivity index (χ2v) is 8.59. The summed E-state index contributed by atoms with van der Waals surface area (Å²) in [5.74, 6) is 0.305. The lowest BCUT2D eigenvalue weighted by molar-refractivity contribution is 0.102. The number of anilines is 2. The molecule has 180 valence electrons. The van der Waals surface area contributed by atoms with Crippen LogP contribution in [0.5, 0.6) is 5.75 Å². The number of hydrogen-bond acceptors (Lipinski definition) is 4. The second-order valence-electron chi connectivity index (χ2n) is 8.59. The number of amides is 2. The molecule has 0 aliphatic carbocycles. The molecule has 0 atom stereocenters. The number of nitrogens with one attached hydrogen (secondary N) is 1. The van der Waals surface area contributed by atoms with Crippen LogP contribution in [0.2, 0.25) is 0 Å². The van der Waals surface area contributed by atoms with Gasteiger partial charge in [-0.25, -0.2) is 4.79 Å². The van der Waals surface area contributed by atoms with Crippen molar-refractivity contribution in [1.29, 1.82) is 0 Å². The Morgan fingerprint density at radius 1 is 1.12 bits per heavy atom. The van der Waals surface area contributed by atoms with Crippen LogP contribution in [0.4, 0.5) is 16.3 Å². The largest absolute Gasteiger partial charge is 0.489 e. The number of aromatic nitrogens is 1. The van der Waals surface area contributed by atoms with Gasteiger partial charge in [0.05, 0.1) is 12.0 Å². The number of nitrogens with zero attached hydrogens (tertiary/aromatic N) is 2. The number of carbonyl (C=O) groups excluding carboxylic acids is 1. The molecular formula is C26H31N3O5. The van der Waals surface area contributed by atoms with E-state index in [1.54, 1.807) is 42.5 Å². The molecule has 8 nitrogen and oxygen atoms in total. The molecule has 2 N–H and O–H groups in total. The van der Waals surface area contributed by atoms with Gasteiger partial charge in [0.1, 0.15) is 0 Å². The van der Waals surface area contributed by atoms with Gasteiger partial charge in [-0.05, 0) is 42.7 Å². The molecule has 2 aromatic carbocycles. The molecule has 3 aromatic rings. The quantitative estimate of drug-likeness (QED) is 0.423. The lowest BCUT2D eigenvalue weighted by atomic mass is 10.1. The average Bonchev–Trinajstić information content (AvgIpc) is 2.81. The summed E-state index contributed by atoms with van der Waals surface area (Å²) in [6, 6.07) is 13.8. The number of pyridine rings is 1. The summed E-state index contributed by atoms with van der Waals surface area (Å²) < 4.78 is 7.57. The van der Waals surface area contributed by atoms with Gasteiger partial charge in [0.25, 0.3) is 11.5 Å². The fourth-order valence-corrected chi connectivity index (χ4v) is 3.69. The standard InChI is InChI=1S/C26H31N3O5/c1-5-6-14-34-22-21-15-19(27-23(30)18-10-8-7-9-11-18)12-13-20(21)25(31)29(16-17(2)3)24(22)28(4)26(32)33/h7-13,15,17H,5-6,14,16H2,1-4H3,(H,27,30)(H,32,33). The van der Waals surface area contributed by atoms with Crippen LogP contribution in [0, 0.1) is 5.92 Å². The molecule has 1 heterocycles. The van der Waals surface area contributed by atoms with Gasteiger partial charge >= 0.3 is 6.09 Å². The summed E-state index contributed by atoms with van der Waals surface area (Å²) in [6.07, 6.45) is 0.461. The number of unbranched alkanes of at least 4 members (excludes halogenated alkanes) is 1. The molecule has 0 aliphatic heterocycles. The highest BCUT2D eigenvalue weighted by Gasteiger charge is 2.25. The summed E-state index contributed by atoms with van der Waals surface area (Å²) >= 11 is 0. The third kappa shape index (κ3) is 5.39. The molecule has 0 saturated heterocycles. The Bertz CT molecular complexity index is 1230. The summed E-state index contributed by atoms with van der Waals surface area (Å²) in [5.41, 5.74) is 0.669. The molecule has 0 saturated carbocycles. The van der Waals surface area contributed by atoms with E-state index >= 15 is 0 Å². The van der Waals surface area contributed by atoms with Gasteiger partial charge in [-0.2, -0.15) is 0 Å². The van der Waals surface area contributed by atoms with E-state index in [1.807, 2.05) is 26.8 Å². The molecule has 0 spiro atoms. The minimum Gasteiger partial charge on any atom is -0.489 e. The van der Waals surface area contributed by atoms with Gasteiger partial charge < -0.3 is 15.2 Å². The Labute approximate surface area is 198 Å². The van der Waals surface area contributed by atoms with Gasteiger partial charge in [-0.1, -0.05) is 45.4 Å². The van der Waals surface area contributed by atoms with Gasteiger partial charge in [0.15, 0.2) is 11.6 Å². The van der Waals surface area contributed by atoms with Crippen LogP contribution in [0.25, 0.3) is 10.8 Å². The summed E-state index contributed by atoms with van der Waals surface area (Å²) in [6.45, 7) is 6.65. The first-order valence-electron chi connectivity index (χ1n) is 11.4. The highest BCUT2D eigenvalue weighted by atomic mass is 16.5. The fraction of sp³-hybridized carbons (Fsp3) is 0.346. The third-order valence-corrected chi connectivity index (χ3v) is 5.39. The first-order chi connectivity index (χ1) is 16.2. The fourth-order valence-electron chi connectivity index (χ4n) is 3.69. The number of benzene rings is 2. The number of carbonyl (C=O) groups is 2. The van der Waals surface area contributed by atoms with Gasteiger partial charge in [0, 0.05) is 30.2 Å². The Morgan fingerprint density at radius 3 is 2.44 bits per heavy atom. The molecule has 1 aromatic heterocycles. The monoisotopic (exact) mass is 465 g/mol. The maximum atomic E-state index is 13.4. The Balaban J connectivity index is 2.21. The second kappa shape index (κ2) is 10.9. The predicted molar refractivity (Wildman–Crippen MR) is 134 cm³/mol. The number of hydrogen-bond donors (Lipinski definition) is 2. The van der Waals surface area contributed by atoms with Crippen molar-refractivity contribution in [2.24, 2.45) is 5.92 Å². The van der Waals surface area contributed by atoms with Crippen LogP contribution < -0.4 is 20.5 Å². The molecular weight excluding hydrogens is 434 g/mol. The molecule has 8 heteroatoms. The Kier molecular flexibility index (Phi) is 7.94. The van der Waals surface area contributed by atoms with Crippen molar-refractivity contribution in [2.45, 2.75) is 40.2 Å². The number of ether oxygens (including phenoxy) is 1. The molecule has 3 rings (SSSR count). The van der Waals surface area contributed by atoms with E-state index in [1.165, 1.54) is 11.6 Å². The zero-order valence-corrected chi connectivity index (χ0v) is 20.0. The summed E-state index contributed by atoms with van der Waals surface area (Å²) in [4.78, 5) is 39.1. The normalized spacial score (nSPS) is 11.0. The van der Waals surface area contributed by atoms with Gasteiger partial charge in [-0.3, -0.25) is 19.1 Å². The molecule has 34 heavy (non-hydrogen) atoms. The lowest BCUT2D eigenvalue weighted by Crippen LogP contribution is -2.34. The molecule has 0 bridgehead atoms. The topological polar surface area (TPSA) is 101 Å². The van der Waals surface area contributed by atoms with Crippen molar-refractivity contribution < 1.29 is 19.4 Å². The number of carboxylic acid groups (broad SMARTS) is 1. The zero-order chi connectivity index (χ0) is 24.8. The van der Waals surface area contributed by atoms with E-state index in [0.717, 1.165) is 17.7 Å². The summed E-state index contributed by atoms with van der Waals surface area (Å²) in [5, 5.41) is 13.4. The van der Waals surface area contributed by atoms with Crippen molar-refractivity contribution >= 4 is 34.3 Å². The molecule has 0 unspecified atom stereocenters. The minimum atomic E-state index is -1.20. The van der Waals surface area contributed by atoms with Gasteiger partial charge in [-0.15, -0.1) is 0 Å². The van der Waals surface area contributed by atoms with E-state index in [-0.39, 0.29) is 23.2 Å². The van der Waals surface area contributed by atoms with Gasteiger partial charge in [0.2, 0.25) is 0 Å². The molecule has 0 radical (unpaired) electrons. The van der Waals surface area contributed by atoms with E-state index in [4.69, 9.17) is 4.74 Å². The number of fused-ring (bicyclic) bond motifs is 1. The summed E-state index contributed by atoms with van der Waals surface area (Å²) in [7, 11) is 1.40. The van der Waals surface area contributed by atoms with Crippen LogP contribution in [0.1, 0.15) is 44.0 Å². The van der Waals surface area contributed by atoms with Crippen LogP contribution >= 0.6 is 0 Å². The average molecular weight is 466 g/mol. The first-order valence-corrected chi connectivity index (χ1v) is 11.4. The SMILES string of the molecule is CCCCOc1c(N(C)C(=O)O)n(CC(C)C)c(=O)c2ccc(NC(=O)c3ccccc3)cc12. The molecule has 0 aliphatic rings. The van der Waals surface area contributed by atoms with E-state index in [2.05, 4.69) is 5.32 Å². The highest BCUT2D eigenvalue weighted by Crippen LogP contribution is 2.36. The van der Waals surface area contributed by atoms with Crippen molar-refractivity contribution in [2.75, 3.05) is 23.9 Å². The minimum absolute atomic E-state index is 0.101. The zero-order valence-electron chi connectivity index (χ0n) is 20.0. The van der Waals surface area contributed by atoms with E-state index in [0.29, 0.717) is 40.9 Å². The Morgan fingerprint density at radius 2 is 1.82 bits per heavy atom. The van der Waals surface area contributed by atoms with E-state index < -0.39 is 6.09 Å². The van der Waals surface area contributed by atoms with Crippen LogP contribution in [-0.4, -0.2) is 35.3 Å². The number of rotatable bonds is 9. The maximum absolute atomic E-state index is 13.4. The smallest absolute Gasteiger partial charge is 0.412 e. The van der Waals surface area contributed by atoms with Crippen LogP contribution in [0.15, 0.2) is 53.3 Å². The van der Waals surface area contributed by atoms with Crippen molar-refractivity contribution in [3.63, 3.8) is 0 Å². The van der Waals surface area contributed by atoms with Crippen molar-refractivity contribution in [3.05, 3.63) is 64.4 Å². The van der Waals surface area contributed by atoms with Crippen LogP contribution in [-0.2, 0) is 6.54 Å². The highest BCUT2D eigenvalue weighted by molar-refractivity contribution is 6.06. The van der Waals surface area contributed by atoms with Crippen LogP contribution in [0.3, 0.4) is 0 Å². The van der Waals surface area contributed by atoms with E-state index in [9.17, 15) is 19.5 Å². The first kappa shape index (κ1) is 24.8.